The molecule has 0 spiro atoms. The van der Waals surface area contributed by atoms with Crippen LogP contribution in [0.25, 0.3) is 0 Å². The van der Waals surface area contributed by atoms with E-state index in [4.69, 9.17) is 4.74 Å². The Kier molecular flexibility index (Phi) is 8.04. The van der Waals surface area contributed by atoms with Crippen LogP contribution in [0, 0.1) is 0 Å². The summed E-state index contributed by atoms with van der Waals surface area (Å²) >= 11 is 0. The van der Waals surface area contributed by atoms with Gasteiger partial charge in [0, 0.05) is 31.4 Å². The summed E-state index contributed by atoms with van der Waals surface area (Å²) in [5.41, 5.74) is 0.0311. The number of nitrogens with zero attached hydrogens (tertiary/aromatic N) is 2. The molecule has 2 rings (SSSR count). The van der Waals surface area contributed by atoms with E-state index >= 15 is 0 Å². The zero-order valence-electron chi connectivity index (χ0n) is 17.8. The number of H-pyrrole nitrogens is 1. The molecule has 2 atom stereocenters. The van der Waals surface area contributed by atoms with Crippen molar-refractivity contribution in [3.05, 3.63) is 18.2 Å². The highest BCUT2D eigenvalue weighted by atomic mass is 16.6. The molecule has 3 N–H and O–H groups in total. The Bertz CT molecular complexity index is 684. The van der Waals surface area contributed by atoms with Crippen LogP contribution in [0.2, 0.25) is 0 Å². The second kappa shape index (κ2) is 10.3. The molecule has 9 nitrogen and oxygen atoms in total. The van der Waals surface area contributed by atoms with Gasteiger partial charge in [0.1, 0.15) is 17.7 Å². The normalized spacial score (nSPS) is 17.7. The molecule has 1 aliphatic heterocycles. The molecule has 9 heteroatoms. The quantitative estimate of drug-likeness (QED) is 0.568. The van der Waals surface area contributed by atoms with E-state index in [-0.39, 0.29) is 18.2 Å². The van der Waals surface area contributed by atoms with Crippen LogP contribution in [0.3, 0.4) is 0 Å². The van der Waals surface area contributed by atoms with Gasteiger partial charge in [-0.05, 0) is 40.0 Å². The minimum atomic E-state index is -0.852. The molecule has 0 saturated carbocycles. The van der Waals surface area contributed by atoms with E-state index in [9.17, 15) is 14.4 Å². The van der Waals surface area contributed by atoms with Crippen molar-refractivity contribution in [2.24, 2.45) is 0 Å². The van der Waals surface area contributed by atoms with Gasteiger partial charge in [0.25, 0.3) is 0 Å². The van der Waals surface area contributed by atoms with Crippen molar-refractivity contribution in [2.75, 3.05) is 13.1 Å². The van der Waals surface area contributed by atoms with E-state index < -0.39 is 23.8 Å². The molecule has 162 valence electrons. The summed E-state index contributed by atoms with van der Waals surface area (Å²) in [6.45, 7) is 8.42. The number of aromatic amines is 1. The molecule has 0 aromatic carbocycles. The monoisotopic (exact) mass is 407 g/mol. The van der Waals surface area contributed by atoms with Gasteiger partial charge < -0.3 is 25.3 Å². The molecule has 29 heavy (non-hydrogen) atoms. The first kappa shape index (κ1) is 22.7. The molecule has 0 bridgehead atoms. The predicted octanol–water partition coefficient (Wildman–Crippen LogP) is 1.75. The molecule has 1 saturated heterocycles. The second-order valence-corrected chi connectivity index (χ2v) is 8.31. The number of likely N-dealkylation sites (tertiary alicyclic amines) is 1. The molecule has 0 radical (unpaired) electrons. The molecular weight excluding hydrogens is 374 g/mol. The van der Waals surface area contributed by atoms with Gasteiger partial charge in [-0.1, -0.05) is 13.3 Å². The van der Waals surface area contributed by atoms with Crippen LogP contribution in [0.5, 0.6) is 0 Å². The fourth-order valence-corrected chi connectivity index (χ4v) is 3.28. The van der Waals surface area contributed by atoms with Gasteiger partial charge in [0.05, 0.1) is 6.33 Å². The van der Waals surface area contributed by atoms with E-state index in [0.29, 0.717) is 25.2 Å². The van der Waals surface area contributed by atoms with Crippen molar-refractivity contribution in [3.63, 3.8) is 0 Å². The number of nitrogens with one attached hydrogen (secondary N) is 3. The van der Waals surface area contributed by atoms with E-state index in [1.54, 1.807) is 31.9 Å². The van der Waals surface area contributed by atoms with E-state index in [1.165, 1.54) is 6.33 Å². The number of ether oxygens (including phenoxy) is 1. The highest BCUT2D eigenvalue weighted by Crippen LogP contribution is 2.20. The highest BCUT2D eigenvalue weighted by molar-refractivity contribution is 5.92. The van der Waals surface area contributed by atoms with Crippen LogP contribution in [-0.4, -0.2) is 63.5 Å². The maximum Gasteiger partial charge on any atom is 0.408 e. The molecule has 2 heterocycles. The Morgan fingerprint density at radius 2 is 2.14 bits per heavy atom. The number of unbranched alkanes of at least 4 members (excludes halogenated alkanes) is 1. The van der Waals surface area contributed by atoms with E-state index in [2.05, 4.69) is 27.5 Å². The lowest BCUT2D eigenvalue weighted by Crippen LogP contribution is -2.54. The first-order valence-electron chi connectivity index (χ1n) is 10.3. The van der Waals surface area contributed by atoms with Crippen LogP contribution in [0.1, 0.15) is 59.1 Å². The summed E-state index contributed by atoms with van der Waals surface area (Å²) in [7, 11) is 0. The second-order valence-electron chi connectivity index (χ2n) is 8.31. The number of imidazole rings is 1. The van der Waals surface area contributed by atoms with Crippen molar-refractivity contribution < 1.29 is 19.1 Å². The first-order chi connectivity index (χ1) is 13.7. The number of aromatic nitrogens is 2. The largest absolute Gasteiger partial charge is 0.444 e. The SMILES string of the molecule is CCCCNC(=O)[C@@H]1CCCN1C(=O)[C@H](Cc1cnc[nH]1)NC(=O)OC(C)(C)C. The van der Waals surface area contributed by atoms with Crippen molar-refractivity contribution in [3.8, 4) is 0 Å². The van der Waals surface area contributed by atoms with E-state index in [1.807, 2.05) is 0 Å². The fraction of sp³-hybridized carbons (Fsp3) is 0.700. The van der Waals surface area contributed by atoms with Crippen LogP contribution in [-0.2, 0) is 20.7 Å². The van der Waals surface area contributed by atoms with Gasteiger partial charge in [0.15, 0.2) is 0 Å². The van der Waals surface area contributed by atoms with Crippen LogP contribution < -0.4 is 10.6 Å². The molecule has 1 aromatic heterocycles. The molecule has 0 unspecified atom stereocenters. The molecule has 3 amide bonds. The lowest BCUT2D eigenvalue weighted by Gasteiger charge is -2.29. The topological polar surface area (TPSA) is 116 Å². The molecule has 1 fully saturated rings. The number of alkyl carbamates (subject to hydrolysis) is 1. The van der Waals surface area contributed by atoms with Gasteiger partial charge in [-0.3, -0.25) is 9.59 Å². The average Bonchev–Trinajstić information content (AvgIpc) is 3.30. The van der Waals surface area contributed by atoms with Crippen LogP contribution >= 0.6 is 0 Å². The number of carbonyl (C=O) groups is 3. The zero-order chi connectivity index (χ0) is 21.4. The lowest BCUT2D eigenvalue weighted by molar-refractivity contribution is -0.140. The van der Waals surface area contributed by atoms with Crippen LogP contribution in [0.4, 0.5) is 4.79 Å². The molecule has 1 aliphatic rings. The standard InChI is InChI=1S/C20H33N5O4/c1-5-6-9-22-17(26)16-8-7-10-25(16)18(27)15(11-14-12-21-13-23-14)24-19(28)29-20(2,3)4/h12-13,15-16H,5-11H2,1-4H3,(H,21,23)(H,22,26)(H,24,28)/t15-,16-/m0/s1. The van der Waals surface area contributed by atoms with Crippen molar-refractivity contribution in [2.45, 2.75) is 77.5 Å². The van der Waals surface area contributed by atoms with Gasteiger partial charge in [0.2, 0.25) is 11.8 Å². The summed E-state index contributed by atoms with van der Waals surface area (Å²) in [6.07, 6.45) is 5.94. The van der Waals surface area contributed by atoms with Crippen LogP contribution in [0.15, 0.2) is 12.5 Å². The Hall–Kier alpha value is -2.58. The minimum absolute atomic E-state index is 0.137. The Balaban J connectivity index is 2.10. The smallest absolute Gasteiger partial charge is 0.408 e. The van der Waals surface area contributed by atoms with Crippen molar-refractivity contribution >= 4 is 17.9 Å². The number of carbonyl (C=O) groups excluding carboxylic acids is 3. The molecule has 0 aliphatic carbocycles. The lowest BCUT2D eigenvalue weighted by atomic mass is 10.1. The summed E-state index contributed by atoms with van der Waals surface area (Å²) in [4.78, 5) is 46.6. The minimum Gasteiger partial charge on any atom is -0.444 e. The third-order valence-electron chi connectivity index (χ3n) is 4.64. The summed E-state index contributed by atoms with van der Waals surface area (Å²) < 4.78 is 5.31. The van der Waals surface area contributed by atoms with Gasteiger partial charge in [-0.15, -0.1) is 0 Å². The number of hydrogen-bond donors (Lipinski definition) is 3. The average molecular weight is 408 g/mol. The third kappa shape index (κ3) is 7.07. The highest BCUT2D eigenvalue weighted by Gasteiger charge is 2.38. The zero-order valence-corrected chi connectivity index (χ0v) is 17.8. The summed E-state index contributed by atoms with van der Waals surface area (Å²) in [5, 5.41) is 5.57. The Morgan fingerprint density at radius 1 is 1.38 bits per heavy atom. The van der Waals surface area contributed by atoms with Crippen molar-refractivity contribution in [1.82, 2.24) is 25.5 Å². The summed E-state index contributed by atoms with van der Waals surface area (Å²) in [5.74, 6) is -0.430. The Morgan fingerprint density at radius 3 is 2.76 bits per heavy atom. The number of hydrogen-bond acceptors (Lipinski definition) is 5. The number of rotatable bonds is 8. The number of amides is 3. The van der Waals surface area contributed by atoms with Gasteiger partial charge >= 0.3 is 6.09 Å². The van der Waals surface area contributed by atoms with Gasteiger partial charge in [-0.2, -0.15) is 0 Å². The van der Waals surface area contributed by atoms with Gasteiger partial charge in [-0.25, -0.2) is 9.78 Å². The maximum absolute atomic E-state index is 13.3. The predicted molar refractivity (Wildman–Crippen MR) is 108 cm³/mol. The first-order valence-corrected chi connectivity index (χ1v) is 10.3. The maximum atomic E-state index is 13.3. The Labute approximate surface area is 172 Å². The van der Waals surface area contributed by atoms with Crippen molar-refractivity contribution in [1.29, 1.82) is 0 Å². The molecule has 1 aromatic rings. The van der Waals surface area contributed by atoms with E-state index in [0.717, 1.165) is 19.3 Å². The molecular formula is C20H33N5O4. The summed E-state index contributed by atoms with van der Waals surface area (Å²) in [6, 6.07) is -1.36. The third-order valence-corrected chi connectivity index (χ3v) is 4.64. The fourth-order valence-electron chi connectivity index (χ4n) is 3.28.